The fourth-order valence-corrected chi connectivity index (χ4v) is 3.22. The zero-order chi connectivity index (χ0) is 18.9. The van der Waals surface area contributed by atoms with E-state index in [0.717, 1.165) is 47.0 Å². The molecule has 0 aliphatic heterocycles. The second-order valence-electron chi connectivity index (χ2n) is 6.27. The predicted octanol–water partition coefficient (Wildman–Crippen LogP) is 6.08. The maximum Gasteiger partial charge on any atom is 0.416 e. The van der Waals surface area contributed by atoms with Crippen LogP contribution in [0.25, 0.3) is 22.0 Å². The number of fused-ring (bicyclic) bond motifs is 1. The smallest absolute Gasteiger partial charge is 0.371 e. The van der Waals surface area contributed by atoms with E-state index < -0.39 is 11.7 Å². The van der Waals surface area contributed by atoms with Crippen LogP contribution in [0.1, 0.15) is 25.1 Å². The lowest BCUT2D eigenvalue weighted by atomic mass is 10.0. The second-order valence-corrected chi connectivity index (χ2v) is 6.27. The first-order chi connectivity index (χ1) is 12.3. The number of aryl methyl sites for hydroxylation is 1. The first kappa shape index (κ1) is 18.2. The number of nitrogens with zero attached hydrogens (tertiary/aromatic N) is 2. The summed E-state index contributed by atoms with van der Waals surface area (Å²) in [6.45, 7) is 7.89. The van der Waals surface area contributed by atoms with Gasteiger partial charge in [-0.1, -0.05) is 24.3 Å². The minimum atomic E-state index is -4.35. The lowest BCUT2D eigenvalue weighted by molar-refractivity contribution is -0.137. The molecule has 1 aromatic heterocycles. The van der Waals surface area contributed by atoms with E-state index in [1.807, 2.05) is 25.1 Å². The lowest BCUT2D eigenvalue weighted by Crippen LogP contribution is -2.22. The molecule has 3 rings (SSSR count). The molecule has 1 heterocycles. The number of anilines is 1. The van der Waals surface area contributed by atoms with Gasteiger partial charge in [-0.15, -0.1) is 0 Å². The van der Waals surface area contributed by atoms with Gasteiger partial charge in [-0.3, -0.25) is 4.98 Å². The number of pyridine rings is 1. The van der Waals surface area contributed by atoms with Gasteiger partial charge >= 0.3 is 6.18 Å². The Morgan fingerprint density at radius 3 is 2.27 bits per heavy atom. The van der Waals surface area contributed by atoms with Crippen LogP contribution >= 0.6 is 0 Å². The summed E-state index contributed by atoms with van der Waals surface area (Å²) in [5.41, 5.74) is 3.41. The number of halogens is 3. The minimum Gasteiger partial charge on any atom is -0.371 e. The van der Waals surface area contributed by atoms with E-state index in [1.54, 1.807) is 6.07 Å². The average Bonchev–Trinajstić information content (AvgIpc) is 2.61. The fourth-order valence-electron chi connectivity index (χ4n) is 3.22. The Bertz CT molecular complexity index is 928. The average molecular weight is 358 g/mol. The van der Waals surface area contributed by atoms with E-state index in [-0.39, 0.29) is 0 Å². The van der Waals surface area contributed by atoms with Crippen molar-refractivity contribution in [1.29, 1.82) is 0 Å². The molecule has 2 nitrogen and oxygen atoms in total. The van der Waals surface area contributed by atoms with Gasteiger partial charge < -0.3 is 4.90 Å². The highest BCUT2D eigenvalue weighted by atomic mass is 19.4. The molecule has 0 bridgehead atoms. The van der Waals surface area contributed by atoms with Crippen LogP contribution in [0.5, 0.6) is 0 Å². The van der Waals surface area contributed by atoms with Crippen molar-refractivity contribution < 1.29 is 13.2 Å². The summed E-state index contributed by atoms with van der Waals surface area (Å²) in [7, 11) is 0. The van der Waals surface area contributed by atoms with Gasteiger partial charge in [0.15, 0.2) is 0 Å². The fraction of sp³-hybridized carbons (Fsp3) is 0.286. The Hall–Kier alpha value is -2.56. The monoisotopic (exact) mass is 358 g/mol. The van der Waals surface area contributed by atoms with Crippen molar-refractivity contribution in [2.24, 2.45) is 0 Å². The Morgan fingerprint density at radius 1 is 0.923 bits per heavy atom. The summed E-state index contributed by atoms with van der Waals surface area (Å²) in [6.07, 6.45) is -4.35. The second kappa shape index (κ2) is 6.98. The first-order valence-corrected chi connectivity index (χ1v) is 8.67. The molecule has 0 radical (unpaired) electrons. The standard InChI is InChI=1S/C21H21F3N2/c1-4-26(5-2)20-11-14(3)25-19-13-16(9-10-18(19)20)15-7-6-8-17(12-15)21(22,23)24/h6-13H,4-5H2,1-3H3. The van der Waals surface area contributed by atoms with Crippen molar-refractivity contribution in [2.75, 3.05) is 18.0 Å². The van der Waals surface area contributed by atoms with Gasteiger partial charge in [0.25, 0.3) is 0 Å². The summed E-state index contributed by atoms with van der Waals surface area (Å²) in [5.74, 6) is 0. The normalized spacial score (nSPS) is 11.8. The summed E-state index contributed by atoms with van der Waals surface area (Å²) < 4.78 is 39.0. The summed E-state index contributed by atoms with van der Waals surface area (Å²) in [6, 6.07) is 13.1. The molecule has 0 unspecified atom stereocenters. The highest BCUT2D eigenvalue weighted by Gasteiger charge is 2.30. The molecule has 0 N–H and O–H groups in total. The van der Waals surface area contributed by atoms with Crippen molar-refractivity contribution in [2.45, 2.75) is 26.9 Å². The van der Waals surface area contributed by atoms with E-state index in [4.69, 9.17) is 0 Å². The van der Waals surface area contributed by atoms with Crippen molar-refractivity contribution in [1.82, 2.24) is 4.98 Å². The van der Waals surface area contributed by atoms with E-state index >= 15 is 0 Å². The number of hydrogen-bond acceptors (Lipinski definition) is 2. The molecule has 26 heavy (non-hydrogen) atoms. The van der Waals surface area contributed by atoms with Crippen molar-refractivity contribution in [3.8, 4) is 11.1 Å². The van der Waals surface area contributed by atoms with Gasteiger partial charge in [-0.05, 0) is 56.2 Å². The third-order valence-electron chi connectivity index (χ3n) is 4.54. The maximum atomic E-state index is 13.0. The van der Waals surface area contributed by atoms with Crippen molar-refractivity contribution >= 4 is 16.6 Å². The third kappa shape index (κ3) is 3.52. The number of alkyl halides is 3. The van der Waals surface area contributed by atoms with Crippen LogP contribution in [0.4, 0.5) is 18.9 Å². The molecule has 0 saturated carbocycles. The number of rotatable bonds is 4. The number of hydrogen-bond donors (Lipinski definition) is 0. The third-order valence-corrected chi connectivity index (χ3v) is 4.54. The Balaban J connectivity index is 2.13. The summed E-state index contributed by atoms with van der Waals surface area (Å²) in [4.78, 5) is 6.85. The quantitative estimate of drug-likeness (QED) is 0.562. The highest BCUT2D eigenvalue weighted by Crippen LogP contribution is 2.34. The van der Waals surface area contributed by atoms with Crippen LogP contribution in [0, 0.1) is 6.92 Å². The molecule has 0 aliphatic carbocycles. The molecule has 136 valence electrons. The molecule has 2 aromatic carbocycles. The summed E-state index contributed by atoms with van der Waals surface area (Å²) in [5, 5.41) is 1.01. The Kier molecular flexibility index (Phi) is 4.90. The van der Waals surface area contributed by atoms with E-state index in [9.17, 15) is 13.2 Å². The molecule has 0 fully saturated rings. The molecule has 5 heteroatoms. The molecule has 0 atom stereocenters. The molecular weight excluding hydrogens is 337 g/mol. The van der Waals surface area contributed by atoms with Crippen LogP contribution in [-0.2, 0) is 6.18 Å². The number of aromatic nitrogens is 1. The van der Waals surface area contributed by atoms with E-state index in [1.165, 1.54) is 12.1 Å². The SMILES string of the molecule is CCN(CC)c1cc(C)nc2cc(-c3cccc(C(F)(F)F)c3)ccc12. The van der Waals surface area contributed by atoms with Gasteiger partial charge in [-0.25, -0.2) is 0 Å². The minimum absolute atomic E-state index is 0.537. The molecule has 0 amide bonds. The molecule has 0 spiro atoms. The molecule has 0 aliphatic rings. The largest absolute Gasteiger partial charge is 0.416 e. The van der Waals surface area contributed by atoms with Crippen LogP contribution in [0.2, 0.25) is 0 Å². The molecule has 0 saturated heterocycles. The lowest BCUT2D eigenvalue weighted by Gasteiger charge is -2.23. The van der Waals surface area contributed by atoms with Crippen LogP contribution < -0.4 is 4.90 Å². The van der Waals surface area contributed by atoms with Gasteiger partial charge in [-0.2, -0.15) is 13.2 Å². The zero-order valence-electron chi connectivity index (χ0n) is 15.1. The number of benzene rings is 2. The van der Waals surface area contributed by atoms with Crippen molar-refractivity contribution in [3.63, 3.8) is 0 Å². The molecule has 3 aromatic rings. The van der Waals surface area contributed by atoms with E-state index in [2.05, 4.69) is 29.8 Å². The Labute approximate surface area is 151 Å². The highest BCUT2D eigenvalue weighted by molar-refractivity contribution is 5.94. The predicted molar refractivity (Wildman–Crippen MR) is 100 cm³/mol. The van der Waals surface area contributed by atoms with Crippen molar-refractivity contribution in [3.05, 3.63) is 59.8 Å². The van der Waals surface area contributed by atoms with Crippen LogP contribution in [0.15, 0.2) is 48.5 Å². The van der Waals surface area contributed by atoms with E-state index in [0.29, 0.717) is 5.56 Å². The first-order valence-electron chi connectivity index (χ1n) is 8.67. The van der Waals surface area contributed by atoms with Gasteiger partial charge in [0, 0.05) is 29.9 Å². The van der Waals surface area contributed by atoms with Gasteiger partial charge in [0.05, 0.1) is 11.1 Å². The maximum absolute atomic E-state index is 13.0. The van der Waals surface area contributed by atoms with Gasteiger partial charge in [0.2, 0.25) is 0 Å². The summed E-state index contributed by atoms with van der Waals surface area (Å²) >= 11 is 0. The van der Waals surface area contributed by atoms with Crippen LogP contribution in [0.3, 0.4) is 0 Å². The van der Waals surface area contributed by atoms with Crippen LogP contribution in [-0.4, -0.2) is 18.1 Å². The molecular formula is C21H21F3N2. The van der Waals surface area contributed by atoms with Gasteiger partial charge in [0.1, 0.15) is 0 Å². The zero-order valence-corrected chi connectivity index (χ0v) is 15.1. The Morgan fingerprint density at radius 2 is 1.62 bits per heavy atom. The topological polar surface area (TPSA) is 16.1 Å².